The van der Waals surface area contributed by atoms with Gasteiger partial charge in [0.2, 0.25) is 5.91 Å². The Bertz CT molecular complexity index is 1280. The predicted molar refractivity (Wildman–Crippen MR) is 134 cm³/mol. The molecule has 0 radical (unpaired) electrons. The number of ether oxygens (including phenoxy) is 2. The number of carbonyl (C=O) groups excluding carboxylic acids is 3. The average Bonchev–Trinajstić information content (AvgIpc) is 3.38. The lowest BCUT2D eigenvalue weighted by molar-refractivity contribution is -0.192. The van der Waals surface area contributed by atoms with Gasteiger partial charge in [-0.05, 0) is 23.6 Å². The minimum Gasteiger partial charge on any atom is -0.507 e. The number of aromatic carboxylic acids is 1. The number of carbonyl (C=O) groups is 5. The number of amides is 3. The molecule has 2 aliphatic rings. The third-order valence-corrected chi connectivity index (χ3v) is 7.65. The van der Waals surface area contributed by atoms with Gasteiger partial charge in [0.05, 0.1) is 6.42 Å². The molecule has 6 N–H and O–H groups in total. The summed E-state index contributed by atoms with van der Waals surface area (Å²) < 4.78 is 10.0. The molecule has 0 spiro atoms. The third-order valence-electron chi connectivity index (χ3n) is 5.40. The number of hydrogen-bond donors (Lipinski definition) is 5. The molecular formula is C23H23N3O10S2. The van der Waals surface area contributed by atoms with Gasteiger partial charge in [-0.3, -0.25) is 14.5 Å². The molecule has 2 aromatic rings. The summed E-state index contributed by atoms with van der Waals surface area (Å²) in [7, 11) is 1.27. The number of nitrogens with zero attached hydrogens (tertiary/aromatic N) is 1. The second-order valence-corrected chi connectivity index (χ2v) is 9.87. The van der Waals surface area contributed by atoms with Crippen LogP contribution >= 0.6 is 23.1 Å². The van der Waals surface area contributed by atoms with E-state index in [1.807, 2.05) is 11.4 Å². The van der Waals surface area contributed by atoms with E-state index >= 15 is 0 Å². The Labute approximate surface area is 223 Å². The summed E-state index contributed by atoms with van der Waals surface area (Å²) >= 11 is 2.60. The number of benzene rings is 1. The molecule has 3 amide bonds. The summed E-state index contributed by atoms with van der Waals surface area (Å²) in [5.74, 6) is -3.62. The first kappa shape index (κ1) is 28.5. The molecule has 0 aliphatic carbocycles. The minimum absolute atomic E-state index is 0.0671. The van der Waals surface area contributed by atoms with Gasteiger partial charge < -0.3 is 35.8 Å². The molecular weight excluding hydrogens is 542 g/mol. The summed E-state index contributed by atoms with van der Waals surface area (Å²) in [6.07, 6.45) is -0.973. The van der Waals surface area contributed by atoms with E-state index in [-0.39, 0.29) is 41.4 Å². The number of carboxylic acid groups (broad SMARTS) is 2. The summed E-state index contributed by atoms with van der Waals surface area (Å²) in [4.78, 5) is 59.9. The number of phenols is 1. The predicted octanol–water partition coefficient (Wildman–Crippen LogP) is 1.19. The highest BCUT2D eigenvalue weighted by Gasteiger charge is 2.66. The van der Waals surface area contributed by atoms with Crippen molar-refractivity contribution in [1.82, 2.24) is 10.2 Å². The normalized spacial score (nSPS) is 19.9. The van der Waals surface area contributed by atoms with Gasteiger partial charge >= 0.3 is 18.0 Å². The fourth-order valence-corrected chi connectivity index (χ4v) is 5.81. The second kappa shape index (κ2) is 12.0. The number of aliphatic carboxylic acids is 1. The number of aromatic hydroxyl groups is 1. The zero-order chi connectivity index (χ0) is 28.0. The van der Waals surface area contributed by atoms with Gasteiger partial charge in [-0.15, -0.1) is 23.1 Å². The van der Waals surface area contributed by atoms with Crippen LogP contribution in [0.3, 0.4) is 0 Å². The number of methoxy groups -OCH3 is 1. The fraction of sp³-hybridized carbons (Fsp3) is 0.261. The van der Waals surface area contributed by atoms with E-state index in [0.29, 0.717) is 0 Å². The van der Waals surface area contributed by atoms with E-state index in [2.05, 4.69) is 10.1 Å². The molecule has 2 atom stereocenters. The van der Waals surface area contributed by atoms with Crippen molar-refractivity contribution in [2.75, 3.05) is 19.5 Å². The van der Waals surface area contributed by atoms with Crippen LogP contribution in [0.25, 0.3) is 0 Å². The Morgan fingerprint density at radius 2 is 1.87 bits per heavy atom. The molecule has 3 heterocycles. The smallest absolute Gasteiger partial charge is 0.404 e. The Morgan fingerprint density at radius 1 is 1.16 bits per heavy atom. The van der Waals surface area contributed by atoms with Gasteiger partial charge in [0.1, 0.15) is 29.0 Å². The average molecular weight is 566 g/mol. The molecule has 15 heteroatoms. The molecule has 1 saturated heterocycles. The molecule has 13 nitrogen and oxygen atoms in total. The Kier molecular flexibility index (Phi) is 8.98. The highest BCUT2D eigenvalue weighted by molar-refractivity contribution is 8.00. The molecule has 1 aromatic heterocycles. The number of fused-ring (bicyclic) bond motifs is 1. The SMILES string of the molecule is CO[C@@]1(NC(=O)Cc2cccs2)C(=O)N2C(C(=O)O)=C(COC(N)=O)CS[C@@H]21.O=C(O)c1ccccc1O. The molecule has 4 rings (SSSR count). The van der Waals surface area contributed by atoms with Crippen LogP contribution in [0.15, 0.2) is 53.0 Å². The quantitative estimate of drug-likeness (QED) is 0.227. The molecule has 1 aromatic carbocycles. The van der Waals surface area contributed by atoms with Crippen LogP contribution in [0.2, 0.25) is 0 Å². The van der Waals surface area contributed by atoms with Crippen molar-refractivity contribution in [2.24, 2.45) is 5.73 Å². The molecule has 2 aliphatic heterocycles. The molecule has 0 unspecified atom stereocenters. The molecule has 202 valence electrons. The van der Waals surface area contributed by atoms with Gasteiger partial charge in [0.15, 0.2) is 0 Å². The minimum atomic E-state index is -1.66. The topological polar surface area (TPSA) is 206 Å². The van der Waals surface area contributed by atoms with Gasteiger partial charge in [0.25, 0.3) is 11.6 Å². The molecule has 0 bridgehead atoms. The van der Waals surface area contributed by atoms with E-state index < -0.39 is 40.9 Å². The van der Waals surface area contributed by atoms with Crippen LogP contribution < -0.4 is 11.1 Å². The van der Waals surface area contributed by atoms with Crippen molar-refractivity contribution in [1.29, 1.82) is 0 Å². The maximum Gasteiger partial charge on any atom is 0.404 e. The van der Waals surface area contributed by atoms with E-state index in [1.54, 1.807) is 18.2 Å². The summed E-state index contributed by atoms with van der Waals surface area (Å²) in [6.45, 7) is -0.342. The largest absolute Gasteiger partial charge is 0.507 e. The number of para-hydroxylation sites is 1. The van der Waals surface area contributed by atoms with Crippen molar-refractivity contribution in [3.8, 4) is 5.75 Å². The number of carboxylic acids is 2. The van der Waals surface area contributed by atoms with E-state index in [1.165, 1.54) is 42.3 Å². The van der Waals surface area contributed by atoms with Crippen molar-refractivity contribution >= 4 is 52.9 Å². The number of hydrogen-bond acceptors (Lipinski definition) is 10. The van der Waals surface area contributed by atoms with Crippen LogP contribution in [-0.4, -0.2) is 80.6 Å². The maximum atomic E-state index is 12.8. The number of β-lactam (4-membered cyclic amide) rings is 1. The Morgan fingerprint density at radius 3 is 2.39 bits per heavy atom. The summed E-state index contributed by atoms with van der Waals surface area (Å²) in [6, 6.07) is 9.42. The zero-order valence-electron chi connectivity index (χ0n) is 19.8. The zero-order valence-corrected chi connectivity index (χ0v) is 21.4. The molecule has 1 fully saturated rings. The van der Waals surface area contributed by atoms with Gasteiger partial charge in [-0.2, -0.15) is 0 Å². The number of thioether (sulfide) groups is 1. The van der Waals surface area contributed by atoms with E-state index in [0.717, 1.165) is 9.78 Å². The van der Waals surface area contributed by atoms with Crippen molar-refractivity contribution in [2.45, 2.75) is 17.5 Å². The second-order valence-electron chi connectivity index (χ2n) is 7.77. The number of nitrogens with one attached hydrogen (secondary N) is 1. The Balaban J connectivity index is 0.000000336. The number of nitrogens with two attached hydrogens (primary N) is 1. The fourth-order valence-electron chi connectivity index (χ4n) is 3.69. The monoisotopic (exact) mass is 565 g/mol. The standard InChI is InChI=1S/C16H17N3O7S2.C7H6O3/c1-25-16(18-10(20)5-9-3-2-4-27-9)13(23)19-11(12(21)22)8(6-26-15(17)24)7-28-14(16)19;8-6-4-2-1-3-5(6)7(9)10/h2-4,14H,5-7H2,1H3,(H2,17,24)(H,18,20)(H,21,22);1-4,8H,(H,9,10)/t14-,16+;/m1./s1. The van der Waals surface area contributed by atoms with Crippen LogP contribution in [-0.2, 0) is 30.3 Å². The maximum absolute atomic E-state index is 12.8. The lowest BCUT2D eigenvalue weighted by Gasteiger charge is -2.55. The lowest BCUT2D eigenvalue weighted by Crippen LogP contribution is -2.80. The first-order valence-electron chi connectivity index (χ1n) is 10.7. The first-order valence-corrected chi connectivity index (χ1v) is 12.7. The van der Waals surface area contributed by atoms with Crippen LogP contribution in [0.5, 0.6) is 5.75 Å². The van der Waals surface area contributed by atoms with Gasteiger partial charge in [0, 0.05) is 23.3 Å². The molecule has 0 saturated carbocycles. The summed E-state index contributed by atoms with van der Waals surface area (Å²) in [5, 5.41) is 30.5. The highest BCUT2D eigenvalue weighted by atomic mass is 32.2. The van der Waals surface area contributed by atoms with Crippen LogP contribution in [0, 0.1) is 0 Å². The third kappa shape index (κ3) is 5.90. The van der Waals surface area contributed by atoms with Gasteiger partial charge in [-0.1, -0.05) is 18.2 Å². The lowest BCUT2D eigenvalue weighted by atomic mass is 9.98. The van der Waals surface area contributed by atoms with Crippen molar-refractivity contribution in [3.05, 3.63) is 63.5 Å². The number of rotatable bonds is 8. The molecule has 38 heavy (non-hydrogen) atoms. The van der Waals surface area contributed by atoms with Crippen molar-refractivity contribution in [3.63, 3.8) is 0 Å². The van der Waals surface area contributed by atoms with Crippen molar-refractivity contribution < 1.29 is 48.8 Å². The summed E-state index contributed by atoms with van der Waals surface area (Å²) in [5.41, 5.74) is 3.14. The van der Waals surface area contributed by atoms with Crippen LogP contribution in [0.1, 0.15) is 15.2 Å². The van der Waals surface area contributed by atoms with Crippen LogP contribution in [0.4, 0.5) is 4.79 Å². The first-order chi connectivity index (χ1) is 18.0. The Hall–Kier alpha value is -4.08. The van der Waals surface area contributed by atoms with E-state index in [9.17, 15) is 29.1 Å². The highest BCUT2D eigenvalue weighted by Crippen LogP contribution is 2.46. The number of primary amides is 1. The van der Waals surface area contributed by atoms with Gasteiger partial charge in [-0.25, -0.2) is 14.4 Å². The number of thiophene rings is 1. The van der Waals surface area contributed by atoms with E-state index in [4.69, 9.17) is 20.7 Å².